The fourth-order valence-corrected chi connectivity index (χ4v) is 4.70. The molecular weight excluding hydrogens is 346 g/mol. The molecule has 0 unspecified atom stereocenters. The van der Waals surface area contributed by atoms with Crippen molar-refractivity contribution in [3.05, 3.63) is 46.0 Å². The molecule has 3 aromatic rings. The van der Waals surface area contributed by atoms with Crippen LogP contribution in [0.5, 0.6) is 0 Å². The van der Waals surface area contributed by atoms with Gasteiger partial charge >= 0.3 is 0 Å². The topological polar surface area (TPSA) is 53.7 Å². The van der Waals surface area contributed by atoms with Crippen LogP contribution in [0.2, 0.25) is 0 Å². The third kappa shape index (κ3) is 2.58. The van der Waals surface area contributed by atoms with Gasteiger partial charge in [0.15, 0.2) is 5.82 Å². The van der Waals surface area contributed by atoms with Crippen molar-refractivity contribution in [3.8, 4) is 0 Å². The lowest BCUT2D eigenvalue weighted by molar-refractivity contribution is 0.0747. The number of piperazine rings is 1. The average Bonchev–Trinajstić information content (AvgIpc) is 3.35. The van der Waals surface area contributed by atoms with Gasteiger partial charge in [0.25, 0.3) is 5.91 Å². The molecule has 134 valence electrons. The van der Waals surface area contributed by atoms with Crippen LogP contribution in [0, 0.1) is 0 Å². The van der Waals surface area contributed by atoms with Crippen molar-refractivity contribution >= 4 is 28.6 Å². The number of nitrogens with zero attached hydrogens (tertiary/aromatic N) is 5. The van der Waals surface area contributed by atoms with Crippen molar-refractivity contribution in [3.63, 3.8) is 0 Å². The number of aromatic nitrogens is 3. The minimum Gasteiger partial charge on any atom is -0.351 e. The van der Waals surface area contributed by atoms with Gasteiger partial charge in [-0.25, -0.2) is 9.50 Å². The standard InChI is InChI=1S/C19H21N5OS/c25-19(14-5-12-26-13-14)23-10-8-22(9-11-23)18-17-15-3-1-2-4-16(15)21-24(17)7-6-20-18/h5-7,12-13H,1-4,8-11H2. The average molecular weight is 367 g/mol. The lowest BCUT2D eigenvalue weighted by Crippen LogP contribution is -2.49. The Morgan fingerprint density at radius 1 is 1.12 bits per heavy atom. The Balaban J connectivity index is 1.40. The van der Waals surface area contributed by atoms with Crippen LogP contribution >= 0.6 is 11.3 Å². The van der Waals surface area contributed by atoms with E-state index in [0.717, 1.165) is 50.4 Å². The van der Waals surface area contributed by atoms with E-state index in [1.165, 1.54) is 29.6 Å². The number of aryl methyl sites for hydroxylation is 2. The molecule has 0 aromatic carbocycles. The van der Waals surface area contributed by atoms with Gasteiger partial charge < -0.3 is 9.80 Å². The van der Waals surface area contributed by atoms with Crippen LogP contribution in [0.1, 0.15) is 34.5 Å². The molecule has 0 atom stereocenters. The number of carbonyl (C=O) groups is 1. The van der Waals surface area contributed by atoms with E-state index in [9.17, 15) is 4.79 Å². The molecule has 0 spiro atoms. The summed E-state index contributed by atoms with van der Waals surface area (Å²) in [5.41, 5.74) is 4.57. The van der Waals surface area contributed by atoms with Gasteiger partial charge in [0, 0.05) is 49.5 Å². The molecule has 3 aromatic heterocycles. The fourth-order valence-electron chi connectivity index (χ4n) is 4.07. The van der Waals surface area contributed by atoms with Gasteiger partial charge in [0.05, 0.1) is 11.3 Å². The fraction of sp³-hybridized carbons (Fsp3) is 0.421. The van der Waals surface area contributed by atoms with Crippen LogP contribution in [-0.4, -0.2) is 51.6 Å². The minimum absolute atomic E-state index is 0.138. The van der Waals surface area contributed by atoms with Gasteiger partial charge in [-0.2, -0.15) is 16.4 Å². The SMILES string of the molecule is O=C(c1ccsc1)N1CCN(c2nccn3nc4c(c23)CCCC4)CC1. The number of rotatable bonds is 2. The lowest BCUT2D eigenvalue weighted by Gasteiger charge is -2.35. The van der Waals surface area contributed by atoms with Crippen LogP contribution in [0.3, 0.4) is 0 Å². The quantitative estimate of drug-likeness (QED) is 0.699. The van der Waals surface area contributed by atoms with Gasteiger partial charge in [0.2, 0.25) is 0 Å². The number of thiophene rings is 1. The Morgan fingerprint density at radius 3 is 2.77 bits per heavy atom. The molecule has 0 bridgehead atoms. The molecule has 1 saturated heterocycles. The monoisotopic (exact) mass is 367 g/mol. The summed E-state index contributed by atoms with van der Waals surface area (Å²) in [4.78, 5) is 21.5. The molecule has 1 aliphatic heterocycles. The molecule has 1 amide bonds. The molecule has 1 aliphatic carbocycles. The summed E-state index contributed by atoms with van der Waals surface area (Å²) in [5.74, 6) is 1.16. The largest absolute Gasteiger partial charge is 0.351 e. The molecule has 0 N–H and O–H groups in total. The highest BCUT2D eigenvalue weighted by Gasteiger charge is 2.26. The Labute approximate surface area is 156 Å². The summed E-state index contributed by atoms with van der Waals surface area (Å²) in [6.07, 6.45) is 8.40. The smallest absolute Gasteiger partial charge is 0.254 e. The molecule has 26 heavy (non-hydrogen) atoms. The van der Waals surface area contributed by atoms with Crippen molar-refractivity contribution in [2.75, 3.05) is 31.1 Å². The van der Waals surface area contributed by atoms with E-state index in [4.69, 9.17) is 10.1 Å². The van der Waals surface area contributed by atoms with Crippen LogP contribution in [0.25, 0.3) is 5.52 Å². The van der Waals surface area contributed by atoms with E-state index in [1.807, 2.05) is 38.6 Å². The van der Waals surface area contributed by atoms with E-state index in [1.54, 1.807) is 11.3 Å². The van der Waals surface area contributed by atoms with Gasteiger partial charge in [-0.1, -0.05) is 0 Å². The summed E-state index contributed by atoms with van der Waals surface area (Å²) in [6.45, 7) is 3.08. The molecule has 0 saturated carbocycles. The number of fused-ring (bicyclic) bond motifs is 3. The first-order valence-corrected chi connectivity index (χ1v) is 10.2. The molecule has 1 fully saturated rings. The van der Waals surface area contributed by atoms with E-state index in [-0.39, 0.29) is 5.91 Å². The highest BCUT2D eigenvalue weighted by atomic mass is 32.1. The Morgan fingerprint density at radius 2 is 1.96 bits per heavy atom. The van der Waals surface area contributed by atoms with Crippen molar-refractivity contribution in [2.24, 2.45) is 0 Å². The third-order valence-electron chi connectivity index (χ3n) is 5.43. The normalized spacial score (nSPS) is 17.5. The lowest BCUT2D eigenvalue weighted by atomic mass is 9.97. The molecule has 2 aliphatic rings. The van der Waals surface area contributed by atoms with Crippen LogP contribution in [-0.2, 0) is 12.8 Å². The van der Waals surface area contributed by atoms with E-state index in [2.05, 4.69) is 4.90 Å². The molecule has 5 rings (SSSR count). The predicted molar refractivity (Wildman–Crippen MR) is 102 cm³/mol. The minimum atomic E-state index is 0.138. The zero-order valence-corrected chi connectivity index (χ0v) is 15.4. The maximum Gasteiger partial charge on any atom is 0.254 e. The predicted octanol–water partition coefficient (Wildman–Crippen LogP) is 2.63. The summed E-state index contributed by atoms with van der Waals surface area (Å²) >= 11 is 1.57. The molecule has 4 heterocycles. The summed E-state index contributed by atoms with van der Waals surface area (Å²) in [7, 11) is 0. The first-order valence-electron chi connectivity index (χ1n) is 9.23. The van der Waals surface area contributed by atoms with Crippen molar-refractivity contribution in [1.82, 2.24) is 19.5 Å². The van der Waals surface area contributed by atoms with Crippen molar-refractivity contribution in [1.29, 1.82) is 0 Å². The van der Waals surface area contributed by atoms with Crippen molar-refractivity contribution < 1.29 is 4.79 Å². The number of amides is 1. The van der Waals surface area contributed by atoms with E-state index < -0.39 is 0 Å². The summed E-state index contributed by atoms with van der Waals surface area (Å²) < 4.78 is 2.00. The molecule has 0 radical (unpaired) electrons. The summed E-state index contributed by atoms with van der Waals surface area (Å²) in [5, 5.41) is 8.65. The highest BCUT2D eigenvalue weighted by molar-refractivity contribution is 7.08. The third-order valence-corrected chi connectivity index (χ3v) is 6.12. The summed E-state index contributed by atoms with van der Waals surface area (Å²) in [6, 6.07) is 1.90. The number of hydrogen-bond acceptors (Lipinski definition) is 5. The molecular formula is C19H21N5OS. The van der Waals surface area contributed by atoms with Crippen LogP contribution < -0.4 is 4.90 Å². The van der Waals surface area contributed by atoms with Crippen LogP contribution in [0.4, 0.5) is 5.82 Å². The van der Waals surface area contributed by atoms with Gasteiger partial charge in [0.1, 0.15) is 5.52 Å². The number of hydrogen-bond donors (Lipinski definition) is 0. The Hall–Kier alpha value is -2.41. The molecule has 6 nitrogen and oxygen atoms in total. The second kappa shape index (κ2) is 6.39. The zero-order chi connectivity index (χ0) is 17.5. The second-order valence-corrected chi connectivity index (χ2v) is 7.75. The van der Waals surface area contributed by atoms with E-state index in [0.29, 0.717) is 0 Å². The van der Waals surface area contributed by atoms with Gasteiger partial charge in [-0.15, -0.1) is 0 Å². The van der Waals surface area contributed by atoms with Gasteiger partial charge in [-0.3, -0.25) is 4.79 Å². The Kier molecular flexibility index (Phi) is 3.89. The number of anilines is 1. The molecule has 7 heteroatoms. The van der Waals surface area contributed by atoms with Gasteiger partial charge in [-0.05, 0) is 37.1 Å². The second-order valence-electron chi connectivity index (χ2n) is 6.97. The maximum absolute atomic E-state index is 12.6. The maximum atomic E-state index is 12.6. The first kappa shape index (κ1) is 15.8. The number of carbonyl (C=O) groups excluding carboxylic acids is 1. The Bertz CT molecular complexity index is 940. The van der Waals surface area contributed by atoms with E-state index >= 15 is 0 Å². The highest BCUT2D eigenvalue weighted by Crippen LogP contribution is 2.30. The van der Waals surface area contributed by atoms with Crippen LogP contribution in [0.15, 0.2) is 29.2 Å². The first-order chi connectivity index (χ1) is 12.8. The zero-order valence-electron chi connectivity index (χ0n) is 14.6. The van der Waals surface area contributed by atoms with Crippen molar-refractivity contribution in [2.45, 2.75) is 25.7 Å².